The number of anilines is 1. The molecule has 2 fully saturated rings. The van der Waals surface area contributed by atoms with Crippen molar-refractivity contribution in [3.8, 4) is 0 Å². The second-order valence-corrected chi connectivity index (χ2v) is 6.34. The summed E-state index contributed by atoms with van der Waals surface area (Å²) in [4.78, 5) is 21.6. The van der Waals surface area contributed by atoms with Crippen molar-refractivity contribution in [3.05, 3.63) is 22.2 Å². The predicted molar refractivity (Wildman–Crippen MR) is 71.1 cm³/mol. The average Bonchev–Trinajstić information content (AvgIpc) is 2.61. The summed E-state index contributed by atoms with van der Waals surface area (Å²) in [5.74, 6) is 1.27. The van der Waals surface area contributed by atoms with Crippen LogP contribution in [0.1, 0.15) is 26.5 Å². The van der Waals surface area contributed by atoms with Crippen LogP contribution in [0.2, 0.25) is 0 Å². The molecule has 0 bridgehead atoms. The predicted octanol–water partition coefficient (Wildman–Crippen LogP) is 0.475. The fraction of sp³-hybridized carbons (Fsp3) is 0.692. The van der Waals surface area contributed by atoms with Gasteiger partial charge in [0.15, 0.2) is 5.82 Å². The molecule has 18 heavy (non-hydrogen) atoms. The van der Waals surface area contributed by atoms with Crippen molar-refractivity contribution in [2.24, 2.45) is 5.92 Å². The Morgan fingerprint density at radius 1 is 1.39 bits per heavy atom. The average molecular weight is 248 g/mol. The van der Waals surface area contributed by atoms with E-state index in [0.29, 0.717) is 17.8 Å². The van der Waals surface area contributed by atoms with Crippen LogP contribution in [0.5, 0.6) is 0 Å². The molecule has 0 aromatic carbocycles. The Hall–Kier alpha value is -1.36. The Morgan fingerprint density at radius 3 is 2.78 bits per heavy atom. The van der Waals surface area contributed by atoms with Crippen molar-refractivity contribution in [3.63, 3.8) is 0 Å². The van der Waals surface area contributed by atoms with Crippen LogP contribution < -0.4 is 15.8 Å². The van der Waals surface area contributed by atoms with Gasteiger partial charge in [-0.3, -0.25) is 4.79 Å². The minimum atomic E-state index is -0.0723. The topological polar surface area (TPSA) is 61.0 Å². The van der Waals surface area contributed by atoms with Gasteiger partial charge in [0.2, 0.25) is 0 Å². The van der Waals surface area contributed by atoms with Crippen LogP contribution in [0.15, 0.2) is 11.0 Å². The maximum atomic E-state index is 12.1. The summed E-state index contributed by atoms with van der Waals surface area (Å²) in [5, 5.41) is 3.36. The Bertz CT molecular complexity index is 516. The van der Waals surface area contributed by atoms with Crippen LogP contribution in [0.25, 0.3) is 0 Å². The molecule has 0 spiro atoms. The zero-order chi connectivity index (χ0) is 12.9. The van der Waals surface area contributed by atoms with Gasteiger partial charge in [-0.2, -0.15) is 0 Å². The molecule has 2 N–H and O–H groups in total. The molecule has 0 radical (unpaired) electrons. The van der Waals surface area contributed by atoms with E-state index in [1.54, 1.807) is 6.20 Å². The lowest BCUT2D eigenvalue weighted by molar-refractivity contribution is 0.360. The lowest BCUT2D eigenvalue weighted by atomic mass is 9.91. The molecule has 2 atom stereocenters. The Labute approximate surface area is 107 Å². The minimum absolute atomic E-state index is 0.0622. The number of hydrogen-bond acceptors (Lipinski definition) is 4. The van der Waals surface area contributed by atoms with Crippen LogP contribution >= 0.6 is 0 Å². The SMILES string of the molecule is CC(C)(C)c1cnc(N2CC3CNCC32)c(=O)[nH]1. The smallest absolute Gasteiger partial charge is 0.291 e. The van der Waals surface area contributed by atoms with Gasteiger partial charge in [-0.25, -0.2) is 4.98 Å². The molecule has 98 valence electrons. The Balaban J connectivity index is 1.88. The highest BCUT2D eigenvalue weighted by molar-refractivity contribution is 5.43. The summed E-state index contributed by atoms with van der Waals surface area (Å²) in [6.45, 7) is 9.19. The molecule has 3 heterocycles. The molecule has 3 rings (SSSR count). The first-order chi connectivity index (χ1) is 8.47. The molecule has 2 saturated heterocycles. The highest BCUT2D eigenvalue weighted by atomic mass is 16.1. The second-order valence-electron chi connectivity index (χ2n) is 6.34. The van der Waals surface area contributed by atoms with Crippen LogP contribution in [0.3, 0.4) is 0 Å². The molecule has 5 heteroatoms. The standard InChI is InChI=1S/C13H20N4O/c1-13(2,3)10-6-15-11(12(18)16-10)17-7-8-4-14-5-9(8)17/h6,8-9,14H,4-5,7H2,1-3H3,(H,16,18). The van der Waals surface area contributed by atoms with E-state index in [1.807, 2.05) is 0 Å². The number of nitrogens with zero attached hydrogens (tertiary/aromatic N) is 2. The third-order valence-electron chi connectivity index (χ3n) is 3.98. The highest BCUT2D eigenvalue weighted by Gasteiger charge is 2.43. The van der Waals surface area contributed by atoms with Gasteiger partial charge in [-0.1, -0.05) is 20.8 Å². The molecule has 2 aliphatic heterocycles. The number of nitrogens with one attached hydrogen (secondary N) is 2. The van der Waals surface area contributed by atoms with Crippen LogP contribution in [0, 0.1) is 5.92 Å². The van der Waals surface area contributed by atoms with E-state index < -0.39 is 0 Å². The number of aromatic amines is 1. The molecule has 1 aromatic rings. The molecule has 2 aliphatic rings. The lowest BCUT2D eigenvalue weighted by Crippen LogP contribution is -2.57. The third kappa shape index (κ3) is 1.73. The van der Waals surface area contributed by atoms with E-state index in [9.17, 15) is 4.79 Å². The number of aromatic nitrogens is 2. The van der Waals surface area contributed by atoms with Crippen molar-refractivity contribution in [2.45, 2.75) is 32.2 Å². The van der Waals surface area contributed by atoms with E-state index in [2.05, 4.69) is 41.0 Å². The van der Waals surface area contributed by atoms with Gasteiger partial charge in [0, 0.05) is 48.9 Å². The molecule has 5 nitrogen and oxygen atoms in total. The molecule has 0 saturated carbocycles. The second kappa shape index (κ2) is 3.82. The van der Waals surface area contributed by atoms with Crippen molar-refractivity contribution in [1.29, 1.82) is 0 Å². The van der Waals surface area contributed by atoms with Crippen molar-refractivity contribution >= 4 is 5.82 Å². The maximum Gasteiger partial charge on any atom is 0.291 e. The summed E-state index contributed by atoms with van der Waals surface area (Å²) < 4.78 is 0. The van der Waals surface area contributed by atoms with Gasteiger partial charge in [0.25, 0.3) is 5.56 Å². The Kier molecular flexibility index (Phi) is 2.48. The van der Waals surface area contributed by atoms with Gasteiger partial charge in [-0.15, -0.1) is 0 Å². The van der Waals surface area contributed by atoms with Gasteiger partial charge in [0.05, 0.1) is 0 Å². The van der Waals surface area contributed by atoms with Crippen LogP contribution in [-0.4, -0.2) is 35.6 Å². The molecule has 0 aliphatic carbocycles. The Morgan fingerprint density at radius 2 is 2.17 bits per heavy atom. The summed E-state index contributed by atoms with van der Waals surface area (Å²) in [5.41, 5.74) is 0.752. The van der Waals surface area contributed by atoms with Gasteiger partial charge >= 0.3 is 0 Å². The number of hydrogen-bond donors (Lipinski definition) is 2. The zero-order valence-corrected chi connectivity index (χ0v) is 11.2. The first-order valence-corrected chi connectivity index (χ1v) is 6.54. The monoisotopic (exact) mass is 248 g/mol. The quantitative estimate of drug-likeness (QED) is 0.758. The summed E-state index contributed by atoms with van der Waals surface area (Å²) in [6.07, 6.45) is 1.80. The van der Waals surface area contributed by atoms with Crippen molar-refractivity contribution in [1.82, 2.24) is 15.3 Å². The van der Waals surface area contributed by atoms with Crippen molar-refractivity contribution in [2.75, 3.05) is 24.5 Å². The number of H-pyrrole nitrogens is 1. The van der Waals surface area contributed by atoms with E-state index in [4.69, 9.17) is 0 Å². The van der Waals surface area contributed by atoms with E-state index >= 15 is 0 Å². The van der Waals surface area contributed by atoms with E-state index in [1.165, 1.54) is 0 Å². The fourth-order valence-electron chi connectivity index (χ4n) is 2.74. The zero-order valence-electron chi connectivity index (χ0n) is 11.2. The van der Waals surface area contributed by atoms with Crippen molar-refractivity contribution < 1.29 is 0 Å². The first kappa shape index (κ1) is 11.7. The maximum absolute atomic E-state index is 12.1. The van der Waals surface area contributed by atoms with Gasteiger partial charge < -0.3 is 15.2 Å². The highest BCUT2D eigenvalue weighted by Crippen LogP contribution is 2.30. The fourth-order valence-corrected chi connectivity index (χ4v) is 2.74. The summed E-state index contributed by atoms with van der Waals surface area (Å²) >= 11 is 0. The van der Waals surface area contributed by atoms with E-state index in [0.717, 1.165) is 25.3 Å². The molecular formula is C13H20N4O. The minimum Gasteiger partial charge on any atom is -0.347 e. The van der Waals surface area contributed by atoms with E-state index in [-0.39, 0.29) is 11.0 Å². The van der Waals surface area contributed by atoms with Crippen LogP contribution in [-0.2, 0) is 5.41 Å². The largest absolute Gasteiger partial charge is 0.347 e. The van der Waals surface area contributed by atoms with Gasteiger partial charge in [-0.05, 0) is 0 Å². The molecular weight excluding hydrogens is 228 g/mol. The van der Waals surface area contributed by atoms with Gasteiger partial charge in [0.1, 0.15) is 0 Å². The van der Waals surface area contributed by atoms with Crippen LogP contribution in [0.4, 0.5) is 5.82 Å². The molecule has 1 aromatic heterocycles. The third-order valence-corrected chi connectivity index (χ3v) is 3.98. The number of fused-ring (bicyclic) bond motifs is 1. The molecule has 0 amide bonds. The molecule has 2 unspecified atom stereocenters. The first-order valence-electron chi connectivity index (χ1n) is 6.54. The normalized spacial score (nSPS) is 26.9. The lowest BCUT2D eigenvalue weighted by Gasteiger charge is -2.44. The summed E-state index contributed by atoms with van der Waals surface area (Å²) in [6, 6.07) is 0.457. The summed E-state index contributed by atoms with van der Waals surface area (Å²) in [7, 11) is 0. The number of rotatable bonds is 1.